The van der Waals surface area contributed by atoms with Gasteiger partial charge in [-0.3, -0.25) is 4.79 Å². The van der Waals surface area contributed by atoms with Crippen molar-refractivity contribution in [1.29, 1.82) is 0 Å². The summed E-state index contributed by atoms with van der Waals surface area (Å²) >= 11 is 0. The molecule has 0 bridgehead atoms. The highest BCUT2D eigenvalue weighted by molar-refractivity contribution is 5.87. The number of hydrogen-bond donors (Lipinski definition) is 1. The van der Waals surface area contributed by atoms with Gasteiger partial charge in [-0.25, -0.2) is 0 Å². The topological polar surface area (TPSA) is 32.3 Å². The van der Waals surface area contributed by atoms with Crippen LogP contribution in [0.3, 0.4) is 0 Å². The van der Waals surface area contributed by atoms with E-state index in [0.29, 0.717) is 0 Å². The molecule has 1 atom stereocenters. The second-order valence-corrected chi connectivity index (χ2v) is 5.57. The molecule has 1 unspecified atom stereocenters. The lowest BCUT2D eigenvalue weighted by Crippen LogP contribution is -2.45. The normalized spacial score (nSPS) is 23.6. The molecule has 1 aromatic rings. The van der Waals surface area contributed by atoms with Crippen molar-refractivity contribution in [3.05, 3.63) is 29.8 Å². The van der Waals surface area contributed by atoms with Crippen molar-refractivity contribution in [2.75, 3.05) is 18.4 Å². The first-order valence-corrected chi connectivity index (χ1v) is 6.87. The summed E-state index contributed by atoms with van der Waals surface area (Å²) in [5, 5.41) is 3.35. The van der Waals surface area contributed by atoms with Gasteiger partial charge in [-0.1, -0.05) is 25.1 Å². The Labute approximate surface area is 108 Å². The smallest absolute Gasteiger partial charge is 0.245 e. The Morgan fingerprint density at radius 2 is 2.00 bits per heavy atom. The van der Waals surface area contributed by atoms with E-state index in [-0.39, 0.29) is 11.9 Å². The second kappa shape index (κ2) is 4.63. The monoisotopic (exact) mass is 244 g/mol. The van der Waals surface area contributed by atoms with Gasteiger partial charge in [0.1, 0.15) is 6.04 Å². The number of benzene rings is 1. The number of likely N-dealkylation sites (tertiary alicyclic amines) is 1. The SMILES string of the molecule is CC1CCN(C(=O)C2Cc3ccccc3N2)CC1. The van der Waals surface area contributed by atoms with E-state index >= 15 is 0 Å². The molecule has 3 rings (SSSR count). The Kier molecular flexibility index (Phi) is 2.98. The molecule has 3 heteroatoms. The summed E-state index contributed by atoms with van der Waals surface area (Å²) in [7, 11) is 0. The molecular weight excluding hydrogens is 224 g/mol. The van der Waals surface area contributed by atoms with Crippen LogP contribution in [-0.2, 0) is 11.2 Å². The van der Waals surface area contributed by atoms with Crippen LogP contribution in [0.25, 0.3) is 0 Å². The van der Waals surface area contributed by atoms with Crippen molar-refractivity contribution in [3.63, 3.8) is 0 Å². The fraction of sp³-hybridized carbons (Fsp3) is 0.533. The number of anilines is 1. The van der Waals surface area contributed by atoms with E-state index in [4.69, 9.17) is 0 Å². The zero-order valence-electron chi connectivity index (χ0n) is 10.9. The summed E-state index contributed by atoms with van der Waals surface area (Å²) in [4.78, 5) is 14.5. The molecule has 1 fully saturated rings. The van der Waals surface area contributed by atoms with Gasteiger partial charge in [-0.2, -0.15) is 0 Å². The molecule has 1 saturated heterocycles. The van der Waals surface area contributed by atoms with Crippen LogP contribution in [0.5, 0.6) is 0 Å². The number of rotatable bonds is 1. The maximum Gasteiger partial charge on any atom is 0.245 e. The third kappa shape index (κ3) is 2.09. The predicted octanol–water partition coefficient (Wildman–Crippen LogP) is 2.28. The molecule has 2 heterocycles. The lowest BCUT2D eigenvalue weighted by molar-refractivity contribution is -0.133. The molecule has 0 radical (unpaired) electrons. The predicted molar refractivity (Wildman–Crippen MR) is 72.5 cm³/mol. The Hall–Kier alpha value is -1.51. The molecule has 96 valence electrons. The van der Waals surface area contributed by atoms with Crippen molar-refractivity contribution < 1.29 is 4.79 Å². The summed E-state index contributed by atoms with van der Waals surface area (Å²) in [5.41, 5.74) is 2.39. The Morgan fingerprint density at radius 3 is 2.72 bits per heavy atom. The summed E-state index contributed by atoms with van der Waals surface area (Å²) in [5.74, 6) is 1.04. The van der Waals surface area contributed by atoms with Crippen molar-refractivity contribution >= 4 is 11.6 Å². The number of piperidine rings is 1. The van der Waals surface area contributed by atoms with Crippen LogP contribution in [0.4, 0.5) is 5.69 Å². The van der Waals surface area contributed by atoms with E-state index in [1.54, 1.807) is 0 Å². The van der Waals surface area contributed by atoms with Gasteiger partial charge >= 0.3 is 0 Å². The highest BCUT2D eigenvalue weighted by atomic mass is 16.2. The summed E-state index contributed by atoms with van der Waals surface area (Å²) < 4.78 is 0. The number of fused-ring (bicyclic) bond motifs is 1. The molecular formula is C15H20N2O. The zero-order chi connectivity index (χ0) is 12.5. The third-order valence-corrected chi connectivity index (χ3v) is 4.16. The molecule has 0 aromatic heterocycles. The number of carbonyl (C=O) groups excluding carboxylic acids is 1. The number of carbonyl (C=O) groups is 1. The Balaban J connectivity index is 1.65. The van der Waals surface area contributed by atoms with E-state index in [9.17, 15) is 4.79 Å². The van der Waals surface area contributed by atoms with Gasteiger partial charge in [0, 0.05) is 25.2 Å². The van der Waals surface area contributed by atoms with Crippen LogP contribution in [0.15, 0.2) is 24.3 Å². The van der Waals surface area contributed by atoms with Gasteiger partial charge in [0.05, 0.1) is 0 Å². The van der Waals surface area contributed by atoms with Crippen molar-refractivity contribution in [3.8, 4) is 0 Å². The molecule has 2 aliphatic heterocycles. The minimum absolute atomic E-state index is 0.0455. The molecule has 0 spiro atoms. The lowest BCUT2D eigenvalue weighted by Gasteiger charge is -2.32. The Morgan fingerprint density at radius 1 is 1.28 bits per heavy atom. The molecule has 0 aliphatic carbocycles. The van der Waals surface area contributed by atoms with Crippen LogP contribution >= 0.6 is 0 Å². The van der Waals surface area contributed by atoms with Gasteiger partial charge < -0.3 is 10.2 Å². The standard InChI is InChI=1S/C15H20N2O/c1-11-6-8-17(9-7-11)15(18)14-10-12-4-2-3-5-13(12)16-14/h2-5,11,14,16H,6-10H2,1H3. The summed E-state index contributed by atoms with van der Waals surface area (Å²) in [6.07, 6.45) is 3.12. The highest BCUT2D eigenvalue weighted by Gasteiger charge is 2.31. The summed E-state index contributed by atoms with van der Waals surface area (Å²) in [6, 6.07) is 8.17. The average Bonchev–Trinajstić information content (AvgIpc) is 2.82. The van der Waals surface area contributed by atoms with Crippen LogP contribution in [0, 0.1) is 5.92 Å². The van der Waals surface area contributed by atoms with E-state index in [1.165, 1.54) is 5.56 Å². The highest BCUT2D eigenvalue weighted by Crippen LogP contribution is 2.27. The van der Waals surface area contributed by atoms with Gasteiger partial charge in [0.15, 0.2) is 0 Å². The minimum atomic E-state index is -0.0455. The number of para-hydroxylation sites is 1. The van der Waals surface area contributed by atoms with Gasteiger partial charge in [-0.15, -0.1) is 0 Å². The quantitative estimate of drug-likeness (QED) is 0.822. The third-order valence-electron chi connectivity index (χ3n) is 4.16. The molecule has 1 amide bonds. The first kappa shape index (κ1) is 11.6. The van der Waals surface area contributed by atoms with Crippen LogP contribution < -0.4 is 5.32 Å². The van der Waals surface area contributed by atoms with Crippen molar-refractivity contribution in [2.24, 2.45) is 5.92 Å². The van der Waals surface area contributed by atoms with E-state index < -0.39 is 0 Å². The number of amides is 1. The average molecular weight is 244 g/mol. The maximum atomic E-state index is 12.4. The van der Waals surface area contributed by atoms with E-state index in [2.05, 4.69) is 24.4 Å². The van der Waals surface area contributed by atoms with Crippen LogP contribution in [0.2, 0.25) is 0 Å². The van der Waals surface area contributed by atoms with E-state index in [1.807, 2.05) is 17.0 Å². The first-order chi connectivity index (χ1) is 8.74. The summed E-state index contributed by atoms with van der Waals surface area (Å²) in [6.45, 7) is 4.12. The molecule has 1 aromatic carbocycles. The number of nitrogens with one attached hydrogen (secondary N) is 1. The van der Waals surface area contributed by atoms with Crippen LogP contribution in [0.1, 0.15) is 25.3 Å². The first-order valence-electron chi connectivity index (χ1n) is 6.87. The fourth-order valence-electron chi connectivity index (χ4n) is 2.90. The van der Waals surface area contributed by atoms with Crippen molar-refractivity contribution in [2.45, 2.75) is 32.2 Å². The largest absolute Gasteiger partial charge is 0.373 e. The fourth-order valence-corrected chi connectivity index (χ4v) is 2.90. The minimum Gasteiger partial charge on any atom is -0.373 e. The van der Waals surface area contributed by atoms with Gasteiger partial charge in [-0.05, 0) is 30.4 Å². The van der Waals surface area contributed by atoms with Crippen molar-refractivity contribution in [1.82, 2.24) is 4.90 Å². The molecule has 0 saturated carbocycles. The van der Waals surface area contributed by atoms with E-state index in [0.717, 1.165) is 44.0 Å². The lowest BCUT2D eigenvalue weighted by atomic mass is 9.98. The molecule has 2 aliphatic rings. The molecule has 1 N–H and O–H groups in total. The zero-order valence-corrected chi connectivity index (χ0v) is 10.9. The number of nitrogens with zero attached hydrogens (tertiary/aromatic N) is 1. The Bertz CT molecular complexity index is 425. The van der Waals surface area contributed by atoms with Crippen LogP contribution in [-0.4, -0.2) is 29.9 Å². The van der Waals surface area contributed by atoms with Gasteiger partial charge in [0.2, 0.25) is 5.91 Å². The maximum absolute atomic E-state index is 12.4. The molecule has 18 heavy (non-hydrogen) atoms. The molecule has 3 nitrogen and oxygen atoms in total. The number of hydrogen-bond acceptors (Lipinski definition) is 2. The van der Waals surface area contributed by atoms with Gasteiger partial charge in [0.25, 0.3) is 0 Å². The second-order valence-electron chi connectivity index (χ2n) is 5.57.